The minimum atomic E-state index is -0.898. The molecule has 0 saturated heterocycles. The summed E-state index contributed by atoms with van der Waals surface area (Å²) in [6, 6.07) is 3.43. The number of aliphatic hydroxyl groups is 1. The van der Waals surface area contributed by atoms with Gasteiger partial charge in [-0.2, -0.15) is 4.39 Å². The van der Waals surface area contributed by atoms with Crippen molar-refractivity contribution in [2.45, 2.75) is 12.5 Å². The number of benzene rings is 1. The van der Waals surface area contributed by atoms with Gasteiger partial charge in [0, 0.05) is 12.6 Å². The van der Waals surface area contributed by atoms with Crippen molar-refractivity contribution >= 4 is 5.69 Å². The average molecular weight is 285 g/mol. The molecule has 1 unspecified atom stereocenters. The number of aliphatic hydroxyl groups excluding tert-OH is 1. The van der Waals surface area contributed by atoms with Gasteiger partial charge in [-0.1, -0.05) is 6.07 Å². The molecule has 0 aliphatic heterocycles. The van der Waals surface area contributed by atoms with Crippen molar-refractivity contribution in [1.82, 2.24) is 10.2 Å². The van der Waals surface area contributed by atoms with Crippen LogP contribution in [0, 0.1) is 15.9 Å². The quantitative estimate of drug-likeness (QED) is 0.428. The van der Waals surface area contributed by atoms with E-state index in [2.05, 4.69) is 10.2 Å². The van der Waals surface area contributed by atoms with E-state index in [1.807, 2.05) is 14.1 Å². The first-order valence-corrected chi connectivity index (χ1v) is 6.39. The third-order valence-corrected chi connectivity index (χ3v) is 2.85. The Morgan fingerprint density at radius 2 is 2.20 bits per heavy atom. The summed E-state index contributed by atoms with van der Waals surface area (Å²) in [6.07, 6.45) is 0.0391. The Kier molecular flexibility index (Phi) is 6.50. The Bertz CT molecular complexity index is 454. The molecule has 1 aromatic rings. The molecule has 0 heterocycles. The molecule has 0 aromatic heterocycles. The minimum absolute atomic E-state index is 0.274. The lowest BCUT2D eigenvalue weighted by Crippen LogP contribution is -2.25. The van der Waals surface area contributed by atoms with E-state index < -0.39 is 22.5 Å². The van der Waals surface area contributed by atoms with Gasteiger partial charge in [0.15, 0.2) is 0 Å². The summed E-state index contributed by atoms with van der Waals surface area (Å²) in [4.78, 5) is 11.9. The Morgan fingerprint density at radius 3 is 2.80 bits per heavy atom. The van der Waals surface area contributed by atoms with E-state index in [4.69, 9.17) is 0 Å². The average Bonchev–Trinajstić information content (AvgIpc) is 2.37. The van der Waals surface area contributed by atoms with Gasteiger partial charge in [0.1, 0.15) is 0 Å². The first kappa shape index (κ1) is 16.5. The van der Waals surface area contributed by atoms with Gasteiger partial charge in [-0.15, -0.1) is 0 Å². The first-order chi connectivity index (χ1) is 9.41. The van der Waals surface area contributed by atoms with Crippen molar-refractivity contribution in [2.75, 3.05) is 33.7 Å². The van der Waals surface area contributed by atoms with E-state index in [9.17, 15) is 19.6 Å². The first-order valence-electron chi connectivity index (χ1n) is 6.39. The number of halogens is 1. The highest BCUT2D eigenvalue weighted by Crippen LogP contribution is 2.22. The third kappa shape index (κ3) is 5.20. The number of rotatable bonds is 8. The molecule has 7 heteroatoms. The van der Waals surface area contributed by atoms with Gasteiger partial charge < -0.3 is 15.3 Å². The SMILES string of the molecule is CN(C)CCCNCC(O)c1ccc(F)c([N+](=O)[O-])c1. The monoisotopic (exact) mass is 285 g/mol. The number of hydrogen-bond acceptors (Lipinski definition) is 5. The second kappa shape index (κ2) is 7.88. The van der Waals surface area contributed by atoms with Crippen molar-refractivity contribution < 1.29 is 14.4 Å². The molecule has 1 rings (SSSR count). The maximum absolute atomic E-state index is 13.2. The maximum Gasteiger partial charge on any atom is 0.305 e. The molecule has 0 fully saturated rings. The van der Waals surface area contributed by atoms with Gasteiger partial charge in [0.05, 0.1) is 11.0 Å². The summed E-state index contributed by atoms with van der Waals surface area (Å²) in [5.74, 6) is -0.898. The van der Waals surface area contributed by atoms with E-state index in [1.165, 1.54) is 6.07 Å². The predicted octanol–water partition coefficient (Wildman–Crippen LogP) is 1.31. The summed E-state index contributed by atoms with van der Waals surface area (Å²) in [5, 5.41) is 23.6. The van der Waals surface area contributed by atoms with Crippen molar-refractivity contribution in [3.8, 4) is 0 Å². The highest BCUT2D eigenvalue weighted by atomic mass is 19.1. The highest BCUT2D eigenvalue weighted by Gasteiger charge is 2.17. The van der Waals surface area contributed by atoms with Crippen LogP contribution in [-0.2, 0) is 0 Å². The molecule has 0 aliphatic carbocycles. The molecule has 0 amide bonds. The van der Waals surface area contributed by atoms with Gasteiger partial charge >= 0.3 is 5.69 Å². The fourth-order valence-corrected chi connectivity index (χ4v) is 1.75. The molecule has 0 spiro atoms. The molecule has 0 aliphatic rings. The second-order valence-corrected chi connectivity index (χ2v) is 4.84. The highest BCUT2D eigenvalue weighted by molar-refractivity contribution is 5.37. The summed E-state index contributed by atoms with van der Waals surface area (Å²) in [7, 11) is 3.96. The normalized spacial score (nSPS) is 12.7. The van der Waals surface area contributed by atoms with Crippen LogP contribution in [0.3, 0.4) is 0 Å². The summed E-state index contributed by atoms with van der Waals surface area (Å²) >= 11 is 0. The Balaban J connectivity index is 2.49. The fourth-order valence-electron chi connectivity index (χ4n) is 1.75. The number of nitrogens with zero attached hydrogens (tertiary/aromatic N) is 2. The Hall–Kier alpha value is -1.57. The zero-order valence-corrected chi connectivity index (χ0v) is 11.7. The Labute approximate surface area is 117 Å². The summed E-state index contributed by atoms with van der Waals surface area (Å²) in [5.41, 5.74) is -0.285. The van der Waals surface area contributed by atoms with E-state index in [-0.39, 0.29) is 6.54 Å². The molecule has 20 heavy (non-hydrogen) atoms. The predicted molar refractivity (Wildman–Crippen MR) is 74.1 cm³/mol. The minimum Gasteiger partial charge on any atom is -0.387 e. The van der Waals surface area contributed by atoms with Crippen LogP contribution in [0.15, 0.2) is 18.2 Å². The van der Waals surface area contributed by atoms with E-state index >= 15 is 0 Å². The lowest BCUT2D eigenvalue weighted by molar-refractivity contribution is -0.387. The van der Waals surface area contributed by atoms with Crippen molar-refractivity contribution in [2.24, 2.45) is 0 Å². The van der Waals surface area contributed by atoms with Crippen molar-refractivity contribution in [3.63, 3.8) is 0 Å². The van der Waals surface area contributed by atoms with Gasteiger partial charge in [0.2, 0.25) is 5.82 Å². The second-order valence-electron chi connectivity index (χ2n) is 4.84. The number of hydrogen-bond donors (Lipinski definition) is 2. The van der Waals surface area contributed by atoms with Crippen molar-refractivity contribution in [1.29, 1.82) is 0 Å². The van der Waals surface area contributed by atoms with Crippen molar-refractivity contribution in [3.05, 3.63) is 39.7 Å². The molecular weight excluding hydrogens is 265 g/mol. The van der Waals surface area contributed by atoms with Crippen LogP contribution in [-0.4, -0.2) is 48.7 Å². The van der Waals surface area contributed by atoms with Crippen LogP contribution >= 0.6 is 0 Å². The van der Waals surface area contributed by atoms with E-state index in [0.29, 0.717) is 5.56 Å². The van der Waals surface area contributed by atoms with Crippen LogP contribution in [0.4, 0.5) is 10.1 Å². The van der Waals surface area contributed by atoms with Gasteiger partial charge in [-0.05, 0) is 45.2 Å². The van der Waals surface area contributed by atoms with Gasteiger partial charge in [0.25, 0.3) is 0 Å². The standard InChI is InChI=1S/C13H20FN3O3/c1-16(2)7-3-6-15-9-13(18)10-4-5-11(14)12(8-10)17(19)20/h4-5,8,13,15,18H,3,6-7,9H2,1-2H3. The van der Waals surface area contributed by atoms with Crippen LogP contribution in [0.2, 0.25) is 0 Å². The zero-order chi connectivity index (χ0) is 15.1. The Morgan fingerprint density at radius 1 is 1.50 bits per heavy atom. The molecule has 112 valence electrons. The van der Waals surface area contributed by atoms with Crippen LogP contribution in [0.1, 0.15) is 18.1 Å². The lowest BCUT2D eigenvalue weighted by atomic mass is 10.1. The smallest absolute Gasteiger partial charge is 0.305 e. The molecule has 6 nitrogen and oxygen atoms in total. The molecule has 1 aromatic carbocycles. The maximum atomic E-state index is 13.2. The topological polar surface area (TPSA) is 78.6 Å². The fraction of sp³-hybridized carbons (Fsp3) is 0.538. The lowest BCUT2D eigenvalue weighted by Gasteiger charge is -2.13. The number of nitrogens with one attached hydrogen (secondary N) is 1. The molecule has 0 bridgehead atoms. The van der Waals surface area contributed by atoms with E-state index in [0.717, 1.165) is 31.6 Å². The molecule has 1 atom stereocenters. The van der Waals surface area contributed by atoms with Crippen LogP contribution in [0.5, 0.6) is 0 Å². The van der Waals surface area contributed by atoms with Crippen LogP contribution < -0.4 is 5.32 Å². The summed E-state index contributed by atoms with van der Waals surface area (Å²) < 4.78 is 13.2. The van der Waals surface area contributed by atoms with Crippen LogP contribution in [0.25, 0.3) is 0 Å². The van der Waals surface area contributed by atoms with E-state index in [1.54, 1.807) is 0 Å². The molecular formula is C13H20FN3O3. The summed E-state index contributed by atoms with van der Waals surface area (Å²) in [6.45, 7) is 1.94. The molecule has 2 N–H and O–H groups in total. The largest absolute Gasteiger partial charge is 0.387 e. The number of nitro benzene ring substituents is 1. The molecule has 0 radical (unpaired) electrons. The molecule has 0 saturated carbocycles. The number of nitro groups is 1. The zero-order valence-electron chi connectivity index (χ0n) is 11.7. The van der Waals surface area contributed by atoms with Gasteiger partial charge in [-0.3, -0.25) is 10.1 Å². The third-order valence-electron chi connectivity index (χ3n) is 2.85. The van der Waals surface area contributed by atoms with Gasteiger partial charge in [-0.25, -0.2) is 0 Å².